The molecule has 0 radical (unpaired) electrons. The molecule has 2 amide bonds. The van der Waals surface area contributed by atoms with Crippen LogP contribution in [-0.4, -0.2) is 30.4 Å². The van der Waals surface area contributed by atoms with E-state index in [1.54, 1.807) is 6.92 Å². The van der Waals surface area contributed by atoms with Gasteiger partial charge in [0.15, 0.2) is 0 Å². The summed E-state index contributed by atoms with van der Waals surface area (Å²) in [4.78, 5) is 38.9. The van der Waals surface area contributed by atoms with Gasteiger partial charge >= 0.3 is 5.97 Å². The number of ether oxygens (including phenoxy) is 1. The minimum Gasteiger partial charge on any atom is -0.462 e. The highest BCUT2D eigenvalue weighted by Crippen LogP contribution is 2.35. The average molecular weight is 438 g/mol. The molecule has 0 bridgehead atoms. The maximum absolute atomic E-state index is 12.8. The van der Waals surface area contributed by atoms with Gasteiger partial charge in [0.1, 0.15) is 11.0 Å². The van der Waals surface area contributed by atoms with Crippen molar-refractivity contribution in [2.45, 2.75) is 33.2 Å². The molecule has 1 aliphatic heterocycles. The van der Waals surface area contributed by atoms with E-state index in [0.717, 1.165) is 26.9 Å². The van der Waals surface area contributed by atoms with Crippen LogP contribution in [0, 0.1) is 13.8 Å². The minimum absolute atomic E-state index is 0.0888. The molecule has 7 nitrogen and oxygen atoms in total. The Bertz CT molecular complexity index is 1200. The Morgan fingerprint density at radius 3 is 2.55 bits per heavy atom. The van der Waals surface area contributed by atoms with E-state index in [-0.39, 0.29) is 24.8 Å². The summed E-state index contributed by atoms with van der Waals surface area (Å²) < 4.78 is 5.14. The van der Waals surface area contributed by atoms with Crippen molar-refractivity contribution in [1.82, 2.24) is 0 Å². The van der Waals surface area contributed by atoms with Crippen molar-refractivity contribution in [1.29, 1.82) is 0 Å². The van der Waals surface area contributed by atoms with Crippen molar-refractivity contribution >= 4 is 56.3 Å². The SMILES string of the molecule is CCOC(=O)c1c(NC(=O)CC2Nc3cccc4cccc(c34)NC2=O)sc(C)c1C. The lowest BCUT2D eigenvalue weighted by molar-refractivity contribution is -0.121. The Labute approximate surface area is 183 Å². The summed E-state index contributed by atoms with van der Waals surface area (Å²) in [6, 6.07) is 10.7. The molecule has 1 unspecified atom stereocenters. The van der Waals surface area contributed by atoms with Gasteiger partial charge < -0.3 is 20.7 Å². The summed E-state index contributed by atoms with van der Waals surface area (Å²) >= 11 is 1.32. The quantitative estimate of drug-likeness (QED) is 0.512. The van der Waals surface area contributed by atoms with Gasteiger partial charge in [-0.25, -0.2) is 4.79 Å². The summed E-state index contributed by atoms with van der Waals surface area (Å²) in [5, 5.41) is 11.3. The molecule has 1 atom stereocenters. The zero-order chi connectivity index (χ0) is 22.1. The number of benzene rings is 2. The number of esters is 1. The fraction of sp³-hybridized carbons (Fsp3) is 0.261. The Morgan fingerprint density at radius 1 is 1.13 bits per heavy atom. The second-order valence-corrected chi connectivity index (χ2v) is 8.58. The first-order valence-corrected chi connectivity index (χ1v) is 10.9. The van der Waals surface area contributed by atoms with Crippen molar-refractivity contribution < 1.29 is 19.1 Å². The lowest BCUT2D eigenvalue weighted by atomic mass is 10.1. The predicted molar refractivity (Wildman–Crippen MR) is 123 cm³/mol. The normalized spacial score (nSPS) is 15.1. The third-order valence-electron chi connectivity index (χ3n) is 5.32. The molecule has 3 aromatic rings. The molecule has 0 saturated carbocycles. The van der Waals surface area contributed by atoms with Gasteiger partial charge in [0.25, 0.3) is 0 Å². The van der Waals surface area contributed by atoms with Crippen LogP contribution in [0.25, 0.3) is 10.8 Å². The van der Waals surface area contributed by atoms with Crippen LogP contribution < -0.4 is 16.0 Å². The smallest absolute Gasteiger partial charge is 0.341 e. The Hall–Kier alpha value is -3.39. The van der Waals surface area contributed by atoms with Crippen LogP contribution in [0.3, 0.4) is 0 Å². The maximum atomic E-state index is 12.8. The molecule has 3 N–H and O–H groups in total. The van der Waals surface area contributed by atoms with Gasteiger partial charge in [-0.1, -0.05) is 24.3 Å². The molecule has 0 fully saturated rings. The molecule has 1 aliphatic rings. The molecule has 2 aromatic carbocycles. The number of thiophene rings is 1. The van der Waals surface area contributed by atoms with Crippen molar-refractivity contribution in [3.05, 3.63) is 52.4 Å². The molecule has 0 saturated heterocycles. The molecular formula is C23H23N3O4S. The Kier molecular flexibility index (Phi) is 5.65. The van der Waals surface area contributed by atoms with E-state index in [1.165, 1.54) is 11.3 Å². The van der Waals surface area contributed by atoms with Crippen molar-refractivity contribution in [2.24, 2.45) is 0 Å². The number of aryl methyl sites for hydroxylation is 1. The number of nitrogens with one attached hydrogen (secondary N) is 3. The van der Waals surface area contributed by atoms with Crippen molar-refractivity contribution in [3.8, 4) is 0 Å². The zero-order valence-electron chi connectivity index (χ0n) is 17.5. The number of hydrogen-bond donors (Lipinski definition) is 3. The van der Waals surface area contributed by atoms with Crippen LogP contribution in [0.2, 0.25) is 0 Å². The van der Waals surface area contributed by atoms with E-state index in [4.69, 9.17) is 4.74 Å². The van der Waals surface area contributed by atoms with Crippen LogP contribution in [0.15, 0.2) is 36.4 Å². The molecule has 4 rings (SSSR count). The van der Waals surface area contributed by atoms with Crippen LogP contribution in [-0.2, 0) is 14.3 Å². The fourth-order valence-corrected chi connectivity index (χ4v) is 4.77. The number of amides is 2. The van der Waals surface area contributed by atoms with E-state index in [9.17, 15) is 14.4 Å². The molecular weight excluding hydrogens is 414 g/mol. The first-order chi connectivity index (χ1) is 14.9. The standard InChI is InChI=1S/C23H23N3O4S/c1-4-30-23(29)19-12(2)13(3)31-22(19)26-18(27)11-17-21(28)25-16-10-6-8-14-7-5-9-15(24-17)20(14)16/h5-10,17,24H,4,11H2,1-3H3,(H,25,28)(H,26,27). The first-order valence-electron chi connectivity index (χ1n) is 10.0. The van der Waals surface area contributed by atoms with Gasteiger partial charge in [0.2, 0.25) is 11.8 Å². The number of carbonyl (C=O) groups excluding carboxylic acids is 3. The second kappa shape index (κ2) is 8.39. The third-order valence-corrected chi connectivity index (χ3v) is 6.44. The molecule has 2 heterocycles. The van der Waals surface area contributed by atoms with E-state index < -0.39 is 12.0 Å². The van der Waals surface area contributed by atoms with E-state index in [0.29, 0.717) is 16.3 Å². The summed E-state index contributed by atoms with van der Waals surface area (Å²) in [6.45, 7) is 5.70. The van der Waals surface area contributed by atoms with E-state index >= 15 is 0 Å². The highest BCUT2D eigenvalue weighted by atomic mass is 32.1. The van der Waals surface area contributed by atoms with Gasteiger partial charge in [0, 0.05) is 16.0 Å². The molecule has 0 aliphatic carbocycles. The van der Waals surface area contributed by atoms with Crippen LogP contribution >= 0.6 is 11.3 Å². The number of anilines is 3. The summed E-state index contributed by atoms with van der Waals surface area (Å²) in [5.74, 6) is -1.12. The van der Waals surface area contributed by atoms with Gasteiger partial charge in [-0.2, -0.15) is 0 Å². The minimum atomic E-state index is -0.758. The molecule has 31 heavy (non-hydrogen) atoms. The molecule has 1 aromatic heterocycles. The lowest BCUT2D eigenvalue weighted by Gasteiger charge is -2.16. The highest BCUT2D eigenvalue weighted by Gasteiger charge is 2.28. The Morgan fingerprint density at radius 2 is 1.84 bits per heavy atom. The predicted octanol–water partition coefficient (Wildman–Crippen LogP) is 4.46. The number of hydrogen-bond acceptors (Lipinski definition) is 6. The largest absolute Gasteiger partial charge is 0.462 e. The van der Waals surface area contributed by atoms with Crippen molar-refractivity contribution in [2.75, 3.05) is 22.6 Å². The Balaban J connectivity index is 1.55. The summed E-state index contributed by atoms with van der Waals surface area (Å²) in [6.07, 6.45) is -0.0888. The third kappa shape index (κ3) is 3.98. The van der Waals surface area contributed by atoms with Gasteiger partial charge in [-0.05, 0) is 43.9 Å². The van der Waals surface area contributed by atoms with E-state index in [2.05, 4.69) is 16.0 Å². The number of carbonyl (C=O) groups is 3. The summed E-state index contributed by atoms with van der Waals surface area (Å²) in [5.41, 5.74) is 2.65. The molecule has 8 heteroatoms. The van der Waals surface area contributed by atoms with Gasteiger partial charge in [-0.15, -0.1) is 11.3 Å². The topological polar surface area (TPSA) is 96.5 Å². The molecule has 0 spiro atoms. The van der Waals surface area contributed by atoms with Crippen LogP contribution in [0.4, 0.5) is 16.4 Å². The zero-order valence-corrected chi connectivity index (χ0v) is 18.3. The summed E-state index contributed by atoms with van der Waals surface area (Å²) in [7, 11) is 0. The first kappa shape index (κ1) is 20.9. The highest BCUT2D eigenvalue weighted by molar-refractivity contribution is 7.16. The average Bonchev–Trinajstić information content (AvgIpc) is 2.92. The van der Waals surface area contributed by atoms with Crippen LogP contribution in [0.5, 0.6) is 0 Å². The lowest BCUT2D eigenvalue weighted by Crippen LogP contribution is -2.36. The van der Waals surface area contributed by atoms with Gasteiger partial charge in [-0.3, -0.25) is 9.59 Å². The number of rotatable bonds is 5. The maximum Gasteiger partial charge on any atom is 0.341 e. The van der Waals surface area contributed by atoms with Gasteiger partial charge in [0.05, 0.1) is 24.3 Å². The monoisotopic (exact) mass is 437 g/mol. The molecule has 160 valence electrons. The fourth-order valence-electron chi connectivity index (χ4n) is 3.71. The van der Waals surface area contributed by atoms with E-state index in [1.807, 2.05) is 50.2 Å². The van der Waals surface area contributed by atoms with Crippen molar-refractivity contribution in [3.63, 3.8) is 0 Å². The van der Waals surface area contributed by atoms with Crippen LogP contribution in [0.1, 0.15) is 34.1 Å². The second-order valence-electron chi connectivity index (χ2n) is 7.36.